The van der Waals surface area contributed by atoms with Gasteiger partial charge in [0.05, 0.1) is 5.52 Å². The smallest absolute Gasteiger partial charge is 0.0504 e. The molecular weight excluding hydrogens is 464 g/mol. The largest absolute Gasteiger partial charge is 0.358 e. The van der Waals surface area contributed by atoms with E-state index >= 15 is 0 Å². The van der Waals surface area contributed by atoms with Crippen molar-refractivity contribution < 1.29 is 0 Å². The summed E-state index contributed by atoms with van der Waals surface area (Å²) in [6.45, 7) is 32.5. The van der Waals surface area contributed by atoms with Crippen molar-refractivity contribution in [3.63, 3.8) is 0 Å². The van der Waals surface area contributed by atoms with Crippen LogP contribution in [0.1, 0.15) is 98.4 Å². The maximum atomic E-state index is 3.66. The lowest BCUT2D eigenvalue weighted by molar-refractivity contribution is 0.245. The Hall–Kier alpha value is -1.88. The molecule has 0 spiro atoms. The van der Waals surface area contributed by atoms with E-state index in [1.165, 1.54) is 34.1 Å². The van der Waals surface area contributed by atoms with Gasteiger partial charge in [0.1, 0.15) is 0 Å². The highest BCUT2D eigenvalue weighted by atomic mass is 15.2. The molecule has 222 valence electrons. The van der Waals surface area contributed by atoms with Crippen molar-refractivity contribution in [2.45, 2.75) is 101 Å². The summed E-state index contributed by atoms with van der Waals surface area (Å²) in [5, 5.41) is 4.59. The van der Waals surface area contributed by atoms with Gasteiger partial charge in [0.15, 0.2) is 0 Å². The molecule has 0 amide bonds. The van der Waals surface area contributed by atoms with E-state index in [1.807, 2.05) is 46.9 Å². The minimum atomic E-state index is 0.296. The number of allylic oxidation sites excluding steroid dienone is 2. The van der Waals surface area contributed by atoms with Gasteiger partial charge >= 0.3 is 0 Å². The Morgan fingerprint density at radius 1 is 0.921 bits per heavy atom. The molecule has 1 heterocycles. The number of fused-ring (bicyclic) bond motifs is 1. The molecule has 1 aromatic carbocycles. The molecule has 2 aromatic rings. The van der Waals surface area contributed by atoms with Gasteiger partial charge in [-0.15, -0.1) is 13.2 Å². The Labute approximate surface area is 239 Å². The third-order valence-electron chi connectivity index (χ3n) is 5.25. The Morgan fingerprint density at radius 3 is 1.87 bits per heavy atom. The second kappa shape index (κ2) is 25.4. The summed E-state index contributed by atoms with van der Waals surface area (Å²) in [5.41, 5.74) is 5.79. The molecule has 0 saturated carbocycles. The highest BCUT2D eigenvalue weighted by Gasteiger charge is 2.18. The maximum absolute atomic E-state index is 3.66. The first kappa shape index (κ1) is 40.6. The summed E-state index contributed by atoms with van der Waals surface area (Å²) >= 11 is 0. The summed E-state index contributed by atoms with van der Waals surface area (Å²) in [5.74, 6) is 0. The van der Waals surface area contributed by atoms with Crippen LogP contribution in [0.4, 0.5) is 0 Å². The molecule has 2 rings (SSSR count). The summed E-state index contributed by atoms with van der Waals surface area (Å²) in [6, 6.07) is 6.73. The zero-order chi connectivity index (χ0) is 30.1. The number of hydrogen-bond acceptors (Lipinski definition) is 3. The van der Waals surface area contributed by atoms with Crippen LogP contribution in [0.25, 0.3) is 10.9 Å². The number of rotatable bonds is 11. The van der Waals surface area contributed by atoms with Crippen LogP contribution in [0.15, 0.2) is 43.5 Å². The first-order valence-electron chi connectivity index (χ1n) is 14.9. The van der Waals surface area contributed by atoms with E-state index in [0.29, 0.717) is 5.41 Å². The Kier molecular flexibility index (Phi) is 27.1. The van der Waals surface area contributed by atoms with Crippen LogP contribution in [0, 0.1) is 12.3 Å². The number of para-hydroxylation sites is 1. The van der Waals surface area contributed by atoms with Gasteiger partial charge in [-0.2, -0.15) is 0 Å². The number of H-pyrrole nitrogens is 1. The van der Waals surface area contributed by atoms with Gasteiger partial charge in [0, 0.05) is 37.4 Å². The van der Waals surface area contributed by atoms with Crippen LogP contribution in [0.3, 0.4) is 0 Å². The van der Waals surface area contributed by atoms with Gasteiger partial charge in [0.2, 0.25) is 0 Å². The number of nitrogens with zero attached hydrogens (tertiary/aromatic N) is 2. The molecule has 0 fully saturated rings. The second-order valence-corrected chi connectivity index (χ2v) is 10.5. The SMILES string of the molecule is C=CCCC=C.CC.CC.CCC.CNCN(C)CCN(C)Cc1cccc2c(CC(C)(C)C)c(C)[nH]c12. The summed E-state index contributed by atoms with van der Waals surface area (Å²) in [6.07, 6.45) is 8.25. The number of likely N-dealkylation sites (N-methyl/N-ethyl adjacent to an activating group) is 2. The van der Waals surface area contributed by atoms with Crippen LogP contribution in [-0.2, 0) is 13.0 Å². The number of unbranched alkanes of at least 4 members (excludes halogenated alkanes) is 1. The van der Waals surface area contributed by atoms with Crippen LogP contribution < -0.4 is 5.32 Å². The predicted octanol–water partition coefficient (Wildman–Crippen LogP) is 9.21. The molecule has 1 aromatic heterocycles. The standard InChI is InChI=1S/C21H36N4.C6H10.C3H8.2C2H6/c1-16-19(13-21(2,3)4)18-10-8-9-17(20(18)23-16)14-24(6)11-12-25(7)15-22-5;1-3-5-6-4-2;1-3-2;2*1-2/h8-10,22-23H,11-15H2,1-7H3;3-4H,1-2,5-6H2;3H2,1-2H3;2*1-2H3. The predicted molar refractivity (Wildman–Crippen MR) is 177 cm³/mol. The molecule has 4 heteroatoms. The summed E-state index contributed by atoms with van der Waals surface area (Å²) < 4.78 is 0. The fourth-order valence-electron chi connectivity index (χ4n) is 3.65. The van der Waals surface area contributed by atoms with Crippen molar-refractivity contribution in [2.24, 2.45) is 5.41 Å². The number of nitrogens with one attached hydrogen (secondary N) is 2. The second-order valence-electron chi connectivity index (χ2n) is 10.5. The van der Waals surface area contributed by atoms with Gasteiger partial charge in [-0.25, -0.2) is 0 Å². The summed E-state index contributed by atoms with van der Waals surface area (Å²) in [4.78, 5) is 8.37. The number of aromatic amines is 1. The number of aryl methyl sites for hydroxylation is 1. The lowest BCUT2D eigenvalue weighted by Crippen LogP contribution is -2.35. The van der Waals surface area contributed by atoms with Gasteiger partial charge < -0.3 is 15.2 Å². The molecule has 0 radical (unpaired) electrons. The fourth-order valence-corrected chi connectivity index (χ4v) is 3.65. The normalized spacial score (nSPS) is 10.3. The van der Waals surface area contributed by atoms with Crippen molar-refractivity contribution in [1.29, 1.82) is 0 Å². The third kappa shape index (κ3) is 19.2. The number of benzene rings is 1. The lowest BCUT2D eigenvalue weighted by Gasteiger charge is -2.22. The third-order valence-corrected chi connectivity index (χ3v) is 5.25. The molecule has 38 heavy (non-hydrogen) atoms. The average Bonchev–Trinajstić information content (AvgIpc) is 3.19. The first-order valence-corrected chi connectivity index (χ1v) is 14.9. The van der Waals surface area contributed by atoms with Gasteiger partial charge in [-0.3, -0.25) is 4.90 Å². The lowest BCUT2D eigenvalue weighted by atomic mass is 9.87. The molecule has 0 aliphatic heterocycles. The van der Waals surface area contributed by atoms with Crippen molar-refractivity contribution in [1.82, 2.24) is 20.1 Å². The quantitative estimate of drug-likeness (QED) is 0.173. The van der Waals surface area contributed by atoms with E-state index in [2.05, 4.69) is 107 Å². The monoisotopic (exact) mass is 531 g/mol. The van der Waals surface area contributed by atoms with Crippen LogP contribution in [0.2, 0.25) is 0 Å². The molecule has 0 bridgehead atoms. The maximum Gasteiger partial charge on any atom is 0.0504 e. The topological polar surface area (TPSA) is 34.3 Å². The van der Waals surface area contributed by atoms with Crippen LogP contribution in [-0.4, -0.2) is 55.7 Å². The molecule has 0 atom stereocenters. The van der Waals surface area contributed by atoms with E-state index < -0.39 is 0 Å². The van der Waals surface area contributed by atoms with Crippen molar-refractivity contribution in [3.8, 4) is 0 Å². The Balaban J connectivity index is -0.000000794. The van der Waals surface area contributed by atoms with Crippen molar-refractivity contribution >= 4 is 10.9 Å². The molecule has 0 aliphatic rings. The molecule has 2 N–H and O–H groups in total. The van der Waals surface area contributed by atoms with Crippen LogP contribution >= 0.6 is 0 Å². The Bertz CT molecular complexity index is 806. The highest BCUT2D eigenvalue weighted by molar-refractivity contribution is 5.87. The van der Waals surface area contributed by atoms with E-state index in [1.54, 1.807) is 0 Å². The van der Waals surface area contributed by atoms with Crippen molar-refractivity contribution in [2.75, 3.05) is 40.9 Å². The average molecular weight is 531 g/mol. The van der Waals surface area contributed by atoms with E-state index in [9.17, 15) is 0 Å². The van der Waals surface area contributed by atoms with Crippen LogP contribution in [0.5, 0.6) is 0 Å². The first-order chi connectivity index (χ1) is 18.0. The minimum Gasteiger partial charge on any atom is -0.358 e. The molecule has 0 aliphatic carbocycles. The number of aromatic nitrogens is 1. The van der Waals surface area contributed by atoms with E-state index in [4.69, 9.17) is 0 Å². The zero-order valence-electron chi connectivity index (χ0n) is 27.9. The number of hydrogen-bond donors (Lipinski definition) is 2. The van der Waals surface area contributed by atoms with Gasteiger partial charge in [-0.05, 0) is 63.9 Å². The minimum absolute atomic E-state index is 0.296. The van der Waals surface area contributed by atoms with E-state index in [0.717, 1.165) is 45.6 Å². The van der Waals surface area contributed by atoms with Gasteiger partial charge in [-0.1, -0.05) is 99.1 Å². The van der Waals surface area contributed by atoms with Gasteiger partial charge in [0.25, 0.3) is 0 Å². The summed E-state index contributed by atoms with van der Waals surface area (Å²) in [7, 11) is 6.35. The molecule has 4 nitrogen and oxygen atoms in total. The Morgan fingerprint density at radius 2 is 1.42 bits per heavy atom. The molecule has 0 unspecified atom stereocenters. The van der Waals surface area contributed by atoms with Crippen molar-refractivity contribution in [3.05, 3.63) is 60.3 Å². The van der Waals surface area contributed by atoms with E-state index in [-0.39, 0.29) is 0 Å². The highest BCUT2D eigenvalue weighted by Crippen LogP contribution is 2.31. The molecular formula is C34H66N4. The fraction of sp³-hybridized carbons (Fsp3) is 0.647. The molecule has 0 saturated heterocycles. The zero-order valence-corrected chi connectivity index (χ0v) is 27.9.